The molecule has 1 saturated heterocycles. The number of piperidine rings is 1. The largest absolute Gasteiger partial charge is 0.300 e. The summed E-state index contributed by atoms with van der Waals surface area (Å²) in [6.07, 6.45) is 1.18. The van der Waals surface area contributed by atoms with Crippen molar-refractivity contribution in [3.8, 4) is 10.6 Å². The molecule has 2 heterocycles. The molecule has 1 aromatic heterocycles. The quantitative estimate of drug-likeness (QED) is 0.451. The van der Waals surface area contributed by atoms with Crippen LogP contribution in [-0.2, 0) is 20.6 Å². The van der Waals surface area contributed by atoms with Crippen LogP contribution >= 0.6 is 46.1 Å². The van der Waals surface area contributed by atoms with Crippen LogP contribution in [0, 0.1) is 5.92 Å². The molecule has 174 valence electrons. The van der Waals surface area contributed by atoms with Crippen LogP contribution in [0.4, 0.5) is 5.13 Å². The van der Waals surface area contributed by atoms with Crippen molar-refractivity contribution in [3.05, 3.63) is 63.1 Å². The van der Waals surface area contributed by atoms with Crippen molar-refractivity contribution in [3.63, 3.8) is 0 Å². The van der Waals surface area contributed by atoms with E-state index < -0.39 is 15.9 Å². The third-order valence-corrected chi connectivity index (χ3v) is 8.92. The summed E-state index contributed by atoms with van der Waals surface area (Å²) < 4.78 is 27.3. The Morgan fingerprint density at radius 2 is 1.85 bits per heavy atom. The first-order valence-electron chi connectivity index (χ1n) is 10.0. The van der Waals surface area contributed by atoms with E-state index in [9.17, 15) is 13.2 Å². The second kappa shape index (κ2) is 10.2. The third kappa shape index (κ3) is 6.03. The van der Waals surface area contributed by atoms with Crippen LogP contribution < -0.4 is 5.32 Å². The summed E-state index contributed by atoms with van der Waals surface area (Å²) in [5.41, 5.74) is 1.38. The highest BCUT2D eigenvalue weighted by Gasteiger charge is 2.33. The summed E-state index contributed by atoms with van der Waals surface area (Å²) in [5, 5.41) is 13.2. The fourth-order valence-electron chi connectivity index (χ4n) is 3.53. The minimum atomic E-state index is -3.63. The highest BCUT2D eigenvalue weighted by molar-refractivity contribution is 7.88. The van der Waals surface area contributed by atoms with Gasteiger partial charge in [-0.3, -0.25) is 4.79 Å². The van der Waals surface area contributed by atoms with E-state index in [0.29, 0.717) is 50.2 Å². The van der Waals surface area contributed by atoms with Gasteiger partial charge in [-0.25, -0.2) is 12.7 Å². The molecule has 1 atom stereocenters. The molecule has 12 heteroatoms. The summed E-state index contributed by atoms with van der Waals surface area (Å²) in [7, 11) is -3.63. The zero-order valence-electron chi connectivity index (χ0n) is 17.2. The Labute approximate surface area is 210 Å². The van der Waals surface area contributed by atoms with E-state index in [1.54, 1.807) is 30.3 Å². The molecule has 1 fully saturated rings. The van der Waals surface area contributed by atoms with Gasteiger partial charge >= 0.3 is 0 Å². The highest BCUT2D eigenvalue weighted by Crippen LogP contribution is 2.29. The summed E-state index contributed by atoms with van der Waals surface area (Å²) in [4.78, 5) is 12.8. The minimum Gasteiger partial charge on any atom is -0.300 e. The number of nitrogens with zero attached hydrogens (tertiary/aromatic N) is 3. The van der Waals surface area contributed by atoms with Gasteiger partial charge in [-0.2, -0.15) is 0 Å². The molecule has 2 aromatic carbocycles. The molecule has 1 aliphatic heterocycles. The minimum absolute atomic E-state index is 0.109. The molecule has 0 spiro atoms. The molecule has 1 aliphatic rings. The Hall–Kier alpha value is -1.75. The van der Waals surface area contributed by atoms with Gasteiger partial charge in [0.25, 0.3) is 0 Å². The van der Waals surface area contributed by atoms with Crippen LogP contribution in [0.5, 0.6) is 0 Å². The highest BCUT2D eigenvalue weighted by atomic mass is 35.5. The number of rotatable bonds is 6. The normalized spacial score (nSPS) is 17.1. The number of aromatic nitrogens is 2. The number of nitrogens with one attached hydrogen (secondary N) is 1. The molecule has 3 aromatic rings. The lowest BCUT2D eigenvalue weighted by Gasteiger charge is -2.31. The Morgan fingerprint density at radius 1 is 1.09 bits per heavy atom. The van der Waals surface area contributed by atoms with Gasteiger partial charge in [0.05, 0.1) is 21.7 Å². The van der Waals surface area contributed by atoms with Crippen LogP contribution in [0.1, 0.15) is 18.4 Å². The molecular formula is C21H19Cl3N4O3S2. The predicted molar refractivity (Wildman–Crippen MR) is 132 cm³/mol. The zero-order valence-corrected chi connectivity index (χ0v) is 21.1. The number of hydrogen-bond acceptors (Lipinski definition) is 6. The van der Waals surface area contributed by atoms with Crippen LogP contribution in [0.25, 0.3) is 10.6 Å². The number of carbonyl (C=O) groups is 1. The van der Waals surface area contributed by atoms with Gasteiger partial charge in [0.2, 0.25) is 21.1 Å². The molecule has 7 nitrogen and oxygen atoms in total. The van der Waals surface area contributed by atoms with Crippen LogP contribution in [0.3, 0.4) is 0 Å². The van der Waals surface area contributed by atoms with E-state index >= 15 is 0 Å². The Balaban J connectivity index is 1.40. The summed E-state index contributed by atoms with van der Waals surface area (Å²) >= 11 is 19.1. The second-order valence-corrected chi connectivity index (χ2v) is 11.8. The second-order valence-electron chi connectivity index (χ2n) is 7.61. The molecule has 0 aliphatic carbocycles. The molecule has 0 unspecified atom stereocenters. The molecular weight excluding hydrogens is 527 g/mol. The van der Waals surface area contributed by atoms with Crippen molar-refractivity contribution in [2.24, 2.45) is 5.92 Å². The van der Waals surface area contributed by atoms with Crippen molar-refractivity contribution >= 4 is 67.2 Å². The van der Waals surface area contributed by atoms with Gasteiger partial charge in [-0.15, -0.1) is 10.2 Å². The lowest BCUT2D eigenvalue weighted by molar-refractivity contribution is -0.120. The number of halogens is 3. The molecule has 0 radical (unpaired) electrons. The van der Waals surface area contributed by atoms with Crippen molar-refractivity contribution in [2.45, 2.75) is 18.6 Å². The first-order chi connectivity index (χ1) is 15.7. The number of sulfonamides is 1. The number of carbonyl (C=O) groups excluding carboxylic acids is 1. The van der Waals surface area contributed by atoms with Crippen molar-refractivity contribution < 1.29 is 13.2 Å². The smallest absolute Gasteiger partial charge is 0.230 e. The van der Waals surface area contributed by atoms with Gasteiger partial charge in [-0.05, 0) is 42.7 Å². The first-order valence-corrected chi connectivity index (χ1v) is 13.6. The Kier molecular flexibility index (Phi) is 7.57. The van der Waals surface area contributed by atoms with E-state index in [-0.39, 0.29) is 18.2 Å². The van der Waals surface area contributed by atoms with E-state index in [2.05, 4.69) is 15.5 Å². The van der Waals surface area contributed by atoms with E-state index in [4.69, 9.17) is 34.8 Å². The van der Waals surface area contributed by atoms with Gasteiger partial charge < -0.3 is 5.32 Å². The third-order valence-electron chi connectivity index (χ3n) is 5.23. The lowest BCUT2D eigenvalue weighted by Crippen LogP contribution is -2.44. The van der Waals surface area contributed by atoms with Gasteiger partial charge in [0.1, 0.15) is 5.01 Å². The average Bonchev–Trinajstić information content (AvgIpc) is 3.25. The summed E-state index contributed by atoms with van der Waals surface area (Å²) in [6.45, 7) is 0.477. The topological polar surface area (TPSA) is 92.3 Å². The van der Waals surface area contributed by atoms with Gasteiger partial charge in [0, 0.05) is 23.7 Å². The number of benzene rings is 2. The fourth-order valence-corrected chi connectivity index (χ4v) is 6.33. The molecule has 1 N–H and O–H groups in total. The van der Waals surface area contributed by atoms with Crippen molar-refractivity contribution in [1.29, 1.82) is 0 Å². The Morgan fingerprint density at radius 3 is 2.58 bits per heavy atom. The van der Waals surface area contributed by atoms with Crippen LogP contribution in [0.15, 0.2) is 42.5 Å². The molecule has 4 rings (SSSR count). The SMILES string of the molecule is O=C(Nc1nnc(-c2ccc(Cl)cc2)s1)[C@H]1CCCN(S(=O)(=O)Cc2ccc(Cl)c(Cl)c2)C1. The summed E-state index contributed by atoms with van der Waals surface area (Å²) in [6, 6.07) is 11.9. The number of anilines is 1. The van der Waals surface area contributed by atoms with E-state index in [1.165, 1.54) is 15.6 Å². The Bertz CT molecular complexity index is 1270. The zero-order chi connectivity index (χ0) is 23.6. The lowest BCUT2D eigenvalue weighted by atomic mass is 9.99. The summed E-state index contributed by atoms with van der Waals surface area (Å²) in [5.74, 6) is -0.965. The van der Waals surface area contributed by atoms with Crippen LogP contribution in [0.2, 0.25) is 15.1 Å². The maximum atomic E-state index is 13.0. The van der Waals surface area contributed by atoms with Crippen LogP contribution in [-0.4, -0.2) is 41.9 Å². The van der Waals surface area contributed by atoms with Crippen molar-refractivity contribution in [1.82, 2.24) is 14.5 Å². The maximum absolute atomic E-state index is 13.0. The fraction of sp³-hybridized carbons (Fsp3) is 0.286. The molecule has 0 saturated carbocycles. The van der Waals surface area contributed by atoms with E-state index in [0.717, 1.165) is 5.56 Å². The first kappa shape index (κ1) is 24.4. The van der Waals surface area contributed by atoms with Gasteiger partial charge in [-0.1, -0.05) is 64.3 Å². The molecule has 1 amide bonds. The van der Waals surface area contributed by atoms with Gasteiger partial charge in [0.15, 0.2) is 0 Å². The molecule has 0 bridgehead atoms. The average molecular weight is 546 g/mol. The number of amides is 1. The van der Waals surface area contributed by atoms with E-state index in [1.807, 2.05) is 12.1 Å². The standard InChI is InChI=1S/C21H19Cl3N4O3S2/c22-16-6-4-14(5-7-16)20-26-27-21(32-20)25-19(29)15-2-1-9-28(11-15)33(30,31)12-13-3-8-17(23)18(24)10-13/h3-8,10,15H,1-2,9,11-12H2,(H,25,27,29)/t15-/m0/s1. The molecule has 33 heavy (non-hydrogen) atoms. The van der Waals surface area contributed by atoms with Crippen molar-refractivity contribution in [2.75, 3.05) is 18.4 Å². The monoisotopic (exact) mass is 544 g/mol. The predicted octanol–water partition coefficient (Wildman–Crippen LogP) is 5.35. The maximum Gasteiger partial charge on any atom is 0.230 e. The number of hydrogen-bond donors (Lipinski definition) is 1.